The van der Waals surface area contributed by atoms with Gasteiger partial charge in [0.1, 0.15) is 18.3 Å². The minimum Gasteiger partial charge on any atom is -0.464 e. The molecule has 0 saturated carbocycles. The molecule has 182 valence electrons. The number of alkyl carbamates (subject to hydrolysis) is 1. The Kier molecular flexibility index (Phi) is 7.19. The molecule has 1 aliphatic carbocycles. The van der Waals surface area contributed by atoms with Crippen LogP contribution in [-0.2, 0) is 14.3 Å². The highest BCUT2D eigenvalue weighted by molar-refractivity contribution is 5.98. The number of aromatic nitrogens is 1. The Balaban J connectivity index is 1.42. The number of benzene rings is 2. The van der Waals surface area contributed by atoms with Crippen LogP contribution in [-0.4, -0.2) is 42.7 Å². The van der Waals surface area contributed by atoms with Crippen LogP contribution in [0.15, 0.2) is 60.8 Å². The Morgan fingerprint density at radius 2 is 1.66 bits per heavy atom. The molecule has 1 heterocycles. The summed E-state index contributed by atoms with van der Waals surface area (Å²) in [6.07, 6.45) is 1.50. The van der Waals surface area contributed by atoms with Crippen LogP contribution in [0.2, 0.25) is 0 Å². The van der Waals surface area contributed by atoms with E-state index in [1.165, 1.54) is 19.4 Å². The fourth-order valence-electron chi connectivity index (χ4n) is 4.38. The zero-order valence-corrected chi connectivity index (χ0v) is 20.0. The lowest BCUT2D eigenvalue weighted by atomic mass is 9.98. The van der Waals surface area contributed by atoms with Gasteiger partial charge in [-0.1, -0.05) is 68.8 Å². The first-order valence-corrected chi connectivity index (χ1v) is 11.6. The van der Waals surface area contributed by atoms with Crippen LogP contribution in [0.3, 0.4) is 0 Å². The number of methoxy groups -OCH3 is 1. The van der Waals surface area contributed by atoms with Crippen molar-refractivity contribution < 1.29 is 23.9 Å². The van der Waals surface area contributed by atoms with E-state index in [9.17, 15) is 14.4 Å². The van der Waals surface area contributed by atoms with E-state index in [2.05, 4.69) is 44.6 Å². The third-order valence-corrected chi connectivity index (χ3v) is 6.47. The largest absolute Gasteiger partial charge is 0.464 e. The van der Waals surface area contributed by atoms with Crippen molar-refractivity contribution in [3.63, 3.8) is 0 Å². The summed E-state index contributed by atoms with van der Waals surface area (Å²) in [6.45, 7) is 3.98. The molecule has 0 saturated heterocycles. The Morgan fingerprint density at radius 3 is 2.26 bits per heavy atom. The highest BCUT2D eigenvalue weighted by Gasteiger charge is 2.31. The number of anilines is 1. The average Bonchev–Trinajstić information content (AvgIpc) is 3.47. The zero-order chi connectivity index (χ0) is 24.9. The molecular formula is C27H29N3O5. The van der Waals surface area contributed by atoms with Crippen LogP contribution < -0.4 is 10.6 Å². The molecular weight excluding hydrogens is 446 g/mol. The molecule has 8 nitrogen and oxygen atoms in total. The number of nitrogens with one attached hydrogen (secondary N) is 3. The molecule has 0 spiro atoms. The quantitative estimate of drug-likeness (QED) is 0.410. The lowest BCUT2D eigenvalue weighted by Gasteiger charge is -2.23. The molecule has 0 fully saturated rings. The third kappa shape index (κ3) is 5.06. The predicted octanol–water partition coefficient (Wildman–Crippen LogP) is 4.69. The highest BCUT2D eigenvalue weighted by Crippen LogP contribution is 2.44. The van der Waals surface area contributed by atoms with E-state index in [1.807, 2.05) is 38.1 Å². The van der Waals surface area contributed by atoms with E-state index in [0.717, 1.165) is 22.3 Å². The minimum atomic E-state index is -0.813. The summed E-state index contributed by atoms with van der Waals surface area (Å²) >= 11 is 0. The van der Waals surface area contributed by atoms with Crippen molar-refractivity contribution in [2.24, 2.45) is 5.92 Å². The molecule has 8 heteroatoms. The average molecular weight is 476 g/mol. The lowest BCUT2D eigenvalue weighted by Crippen LogP contribution is -2.48. The number of ether oxygens (including phenoxy) is 2. The molecule has 0 unspecified atom stereocenters. The Labute approximate surface area is 204 Å². The number of hydrogen-bond donors (Lipinski definition) is 3. The smallest absolute Gasteiger partial charge is 0.407 e. The first-order valence-electron chi connectivity index (χ1n) is 11.6. The second-order valence-electron chi connectivity index (χ2n) is 8.62. The number of aromatic amines is 1. The van der Waals surface area contributed by atoms with Crippen molar-refractivity contribution in [3.05, 3.63) is 77.6 Å². The molecule has 4 rings (SSSR count). The van der Waals surface area contributed by atoms with Gasteiger partial charge in [-0.25, -0.2) is 9.59 Å². The van der Waals surface area contributed by atoms with Gasteiger partial charge in [0, 0.05) is 12.1 Å². The van der Waals surface area contributed by atoms with Gasteiger partial charge in [-0.3, -0.25) is 4.79 Å². The minimum absolute atomic E-state index is 0.0689. The van der Waals surface area contributed by atoms with Gasteiger partial charge in [0.2, 0.25) is 5.91 Å². The van der Waals surface area contributed by atoms with E-state index < -0.39 is 24.0 Å². The van der Waals surface area contributed by atoms with Gasteiger partial charge in [-0.2, -0.15) is 0 Å². The van der Waals surface area contributed by atoms with E-state index in [0.29, 0.717) is 12.1 Å². The van der Waals surface area contributed by atoms with Crippen molar-refractivity contribution in [3.8, 4) is 11.1 Å². The van der Waals surface area contributed by atoms with Gasteiger partial charge in [-0.15, -0.1) is 0 Å². The highest BCUT2D eigenvalue weighted by atomic mass is 16.5. The number of fused-ring (bicyclic) bond motifs is 3. The number of rotatable bonds is 8. The molecule has 3 N–H and O–H groups in total. The molecule has 1 aromatic heterocycles. The maximum absolute atomic E-state index is 13.0. The second kappa shape index (κ2) is 10.5. The summed E-state index contributed by atoms with van der Waals surface area (Å²) in [5, 5.41) is 5.46. The summed E-state index contributed by atoms with van der Waals surface area (Å²) in [4.78, 5) is 40.1. The standard InChI is InChI=1S/C27H29N3O5/c1-4-16(2)24(25(31)29-17-13-23(28-14-17)26(32)34-3)30-27(33)35-15-22-20-11-7-5-9-18(20)19-10-6-8-12-21(19)22/h5-14,16,22,24,28H,4,15H2,1-3H3,(H,29,31)(H,30,33)/t16-,24-/m0/s1. The van der Waals surface area contributed by atoms with Gasteiger partial charge in [-0.05, 0) is 34.2 Å². The second-order valence-corrected chi connectivity index (χ2v) is 8.62. The van der Waals surface area contributed by atoms with Crippen molar-refractivity contribution in [2.45, 2.75) is 32.2 Å². The number of hydrogen-bond acceptors (Lipinski definition) is 5. The fraction of sp³-hybridized carbons (Fsp3) is 0.296. The molecule has 2 amide bonds. The van der Waals surface area contributed by atoms with E-state index in [1.54, 1.807) is 0 Å². The molecule has 2 atom stereocenters. The SMILES string of the molecule is CC[C@H](C)[C@H](NC(=O)OCC1c2ccccc2-c2ccccc21)C(=O)Nc1c[nH]c(C(=O)OC)c1. The van der Waals surface area contributed by atoms with E-state index in [-0.39, 0.29) is 24.1 Å². The first-order chi connectivity index (χ1) is 16.9. The molecule has 0 aliphatic heterocycles. The van der Waals surface area contributed by atoms with Crippen molar-refractivity contribution in [2.75, 3.05) is 19.0 Å². The number of amides is 2. The maximum atomic E-state index is 13.0. The number of carbonyl (C=O) groups is 3. The van der Waals surface area contributed by atoms with E-state index in [4.69, 9.17) is 4.74 Å². The summed E-state index contributed by atoms with van der Waals surface area (Å²) in [5.74, 6) is -1.15. The lowest BCUT2D eigenvalue weighted by molar-refractivity contribution is -0.119. The monoisotopic (exact) mass is 475 g/mol. The molecule has 35 heavy (non-hydrogen) atoms. The Morgan fingerprint density at radius 1 is 1.03 bits per heavy atom. The zero-order valence-electron chi connectivity index (χ0n) is 20.0. The number of H-pyrrole nitrogens is 1. The van der Waals surface area contributed by atoms with Crippen LogP contribution in [0.25, 0.3) is 11.1 Å². The van der Waals surface area contributed by atoms with Gasteiger partial charge >= 0.3 is 12.1 Å². The summed E-state index contributed by atoms with van der Waals surface area (Å²) < 4.78 is 10.3. The van der Waals surface area contributed by atoms with Gasteiger partial charge in [0.05, 0.1) is 12.8 Å². The van der Waals surface area contributed by atoms with Gasteiger partial charge < -0.3 is 25.1 Å². The molecule has 3 aromatic rings. The molecule has 2 aromatic carbocycles. The van der Waals surface area contributed by atoms with Crippen molar-refractivity contribution in [1.29, 1.82) is 0 Å². The summed E-state index contributed by atoms with van der Waals surface area (Å²) in [6, 6.07) is 16.9. The third-order valence-electron chi connectivity index (χ3n) is 6.47. The van der Waals surface area contributed by atoms with E-state index >= 15 is 0 Å². The van der Waals surface area contributed by atoms with Gasteiger partial charge in [0.25, 0.3) is 0 Å². The molecule has 1 aliphatic rings. The Hall–Kier alpha value is -4.07. The van der Waals surface area contributed by atoms with Crippen molar-refractivity contribution >= 4 is 23.7 Å². The first kappa shape index (κ1) is 24.1. The van der Waals surface area contributed by atoms with Crippen LogP contribution in [0.1, 0.15) is 47.8 Å². The fourth-order valence-corrected chi connectivity index (χ4v) is 4.38. The van der Waals surface area contributed by atoms with Crippen LogP contribution >= 0.6 is 0 Å². The number of esters is 1. The topological polar surface area (TPSA) is 110 Å². The van der Waals surface area contributed by atoms with Crippen LogP contribution in [0.4, 0.5) is 10.5 Å². The van der Waals surface area contributed by atoms with Gasteiger partial charge in [0.15, 0.2) is 0 Å². The number of carbonyl (C=O) groups excluding carboxylic acids is 3. The van der Waals surface area contributed by atoms with Crippen LogP contribution in [0.5, 0.6) is 0 Å². The normalized spacial score (nSPS) is 13.8. The Bertz CT molecular complexity index is 1190. The summed E-state index contributed by atoms with van der Waals surface area (Å²) in [5.41, 5.74) is 5.14. The molecule has 0 bridgehead atoms. The summed E-state index contributed by atoms with van der Waals surface area (Å²) in [7, 11) is 1.28. The molecule has 0 radical (unpaired) electrons. The van der Waals surface area contributed by atoms with Crippen LogP contribution in [0, 0.1) is 5.92 Å². The maximum Gasteiger partial charge on any atom is 0.407 e. The predicted molar refractivity (Wildman–Crippen MR) is 132 cm³/mol. The van der Waals surface area contributed by atoms with Crippen molar-refractivity contribution in [1.82, 2.24) is 10.3 Å².